The van der Waals surface area contributed by atoms with Gasteiger partial charge in [0.05, 0.1) is 29.7 Å². The molecule has 1 saturated carbocycles. The fraction of sp³-hybridized carbons (Fsp3) is 0.222. The number of carbonyl (C=O) groups is 2. The first-order valence-corrected chi connectivity index (χ1v) is 11.3. The number of ether oxygens (including phenoxy) is 1. The highest BCUT2D eigenvalue weighted by atomic mass is 19.1. The summed E-state index contributed by atoms with van der Waals surface area (Å²) in [6, 6.07) is 19.6. The highest BCUT2D eigenvalue weighted by Gasteiger charge is 2.38. The molecule has 0 amide bonds. The van der Waals surface area contributed by atoms with Crippen molar-refractivity contribution in [1.82, 2.24) is 9.97 Å². The Morgan fingerprint density at radius 1 is 1.00 bits per heavy atom. The van der Waals surface area contributed by atoms with Gasteiger partial charge in [-0.25, -0.2) is 9.37 Å². The van der Waals surface area contributed by atoms with Crippen LogP contribution in [0.5, 0.6) is 0 Å². The van der Waals surface area contributed by atoms with Crippen molar-refractivity contribution in [3.63, 3.8) is 0 Å². The van der Waals surface area contributed by atoms with Crippen molar-refractivity contribution in [2.24, 2.45) is 11.8 Å². The molecule has 1 aromatic heterocycles. The lowest BCUT2D eigenvalue weighted by molar-refractivity contribution is -0.146. The van der Waals surface area contributed by atoms with Gasteiger partial charge in [-0.2, -0.15) is 0 Å². The van der Waals surface area contributed by atoms with E-state index in [9.17, 15) is 14.0 Å². The number of anilines is 2. The van der Waals surface area contributed by atoms with Crippen molar-refractivity contribution in [3.05, 3.63) is 78.1 Å². The first-order chi connectivity index (χ1) is 16.5. The Hall–Kier alpha value is -4.00. The van der Waals surface area contributed by atoms with Gasteiger partial charge in [0.25, 0.3) is 0 Å². The number of methoxy groups -OCH3 is 1. The van der Waals surface area contributed by atoms with Gasteiger partial charge < -0.3 is 15.0 Å². The van der Waals surface area contributed by atoms with Crippen molar-refractivity contribution in [3.8, 4) is 11.1 Å². The van der Waals surface area contributed by atoms with Crippen molar-refractivity contribution in [1.29, 1.82) is 0 Å². The van der Waals surface area contributed by atoms with Crippen LogP contribution in [0.25, 0.3) is 22.2 Å². The van der Waals surface area contributed by atoms with Gasteiger partial charge in [0.15, 0.2) is 5.78 Å². The van der Waals surface area contributed by atoms with E-state index in [2.05, 4.69) is 15.3 Å². The number of benzene rings is 3. The lowest BCUT2D eigenvalue weighted by Gasteiger charge is -2.16. The van der Waals surface area contributed by atoms with Crippen molar-refractivity contribution >= 4 is 34.4 Å². The zero-order valence-electron chi connectivity index (χ0n) is 18.7. The van der Waals surface area contributed by atoms with Gasteiger partial charge in [-0.15, -0.1) is 0 Å². The van der Waals surface area contributed by atoms with E-state index in [-0.39, 0.29) is 23.6 Å². The second-order valence-corrected chi connectivity index (χ2v) is 8.53. The Morgan fingerprint density at radius 3 is 2.47 bits per heavy atom. The smallest absolute Gasteiger partial charge is 0.309 e. The molecule has 34 heavy (non-hydrogen) atoms. The molecule has 0 aliphatic heterocycles. The number of aromatic amines is 1. The van der Waals surface area contributed by atoms with Crippen LogP contribution in [0.1, 0.15) is 29.6 Å². The number of imidazole rings is 1. The molecule has 1 heterocycles. The molecule has 2 atom stereocenters. The van der Waals surface area contributed by atoms with E-state index >= 15 is 0 Å². The fourth-order valence-corrected chi connectivity index (χ4v) is 4.68. The van der Waals surface area contributed by atoms with Crippen molar-refractivity contribution < 1.29 is 18.7 Å². The van der Waals surface area contributed by atoms with Crippen LogP contribution in [0.3, 0.4) is 0 Å². The third-order valence-corrected chi connectivity index (χ3v) is 6.47. The number of nitrogens with zero attached hydrogens (tertiary/aromatic N) is 1. The summed E-state index contributed by atoms with van der Waals surface area (Å²) in [7, 11) is 1.35. The molecular weight excluding hydrogens is 433 g/mol. The van der Waals surface area contributed by atoms with Crippen LogP contribution in [0, 0.1) is 17.7 Å². The number of rotatable bonds is 6. The summed E-state index contributed by atoms with van der Waals surface area (Å²) in [6.45, 7) is 0. The molecule has 1 fully saturated rings. The van der Waals surface area contributed by atoms with Crippen molar-refractivity contribution in [2.45, 2.75) is 19.3 Å². The summed E-state index contributed by atoms with van der Waals surface area (Å²) in [6.07, 6.45) is 2.20. The van der Waals surface area contributed by atoms with Crippen LogP contribution >= 0.6 is 0 Å². The number of hydrogen-bond acceptors (Lipinski definition) is 5. The maximum absolute atomic E-state index is 14.8. The Labute approximate surface area is 196 Å². The maximum atomic E-state index is 14.8. The highest BCUT2D eigenvalue weighted by Crippen LogP contribution is 2.35. The molecule has 0 spiro atoms. The number of Topliss-reactive ketones (excluding diaryl/α,β-unsaturated/α-hetero) is 1. The minimum atomic E-state index is -0.412. The van der Waals surface area contributed by atoms with Crippen LogP contribution in [0.15, 0.2) is 66.7 Å². The van der Waals surface area contributed by atoms with Gasteiger partial charge in [0.1, 0.15) is 5.82 Å². The summed E-state index contributed by atoms with van der Waals surface area (Å²) in [5, 5.41) is 2.99. The van der Waals surface area contributed by atoms with E-state index < -0.39 is 5.82 Å². The number of para-hydroxylation sites is 2. The molecule has 7 heteroatoms. The third-order valence-electron chi connectivity index (χ3n) is 6.47. The molecule has 2 N–H and O–H groups in total. The summed E-state index contributed by atoms with van der Waals surface area (Å²) in [5.74, 6) is -1.04. The largest absolute Gasteiger partial charge is 0.469 e. The standard InChI is InChI=1S/C27H24FN3O3/c1-34-26(33)20-6-4-5-19(20)25(32)17-11-9-16(10-12-17)18-13-14-22(21(28)15-18)29-27-30-23-7-2-3-8-24(23)31-27/h2-3,7-15,19-20H,4-6H2,1H3,(H2,29,30,31)/t19-,20-/m1/s1. The van der Waals surface area contributed by atoms with E-state index in [1.54, 1.807) is 30.3 Å². The SMILES string of the molecule is COC(=O)[C@@H]1CCC[C@H]1C(=O)c1ccc(-c2ccc(Nc3nc4ccccc4[nH]3)c(F)c2)cc1. The third kappa shape index (κ3) is 4.17. The van der Waals surface area contributed by atoms with Gasteiger partial charge in [0.2, 0.25) is 5.95 Å². The van der Waals surface area contributed by atoms with E-state index in [0.717, 1.165) is 23.0 Å². The normalized spacial score (nSPS) is 17.6. The molecule has 0 bridgehead atoms. The Kier molecular flexibility index (Phi) is 5.84. The number of halogens is 1. The topological polar surface area (TPSA) is 84.1 Å². The minimum absolute atomic E-state index is 0.0454. The average molecular weight is 458 g/mol. The number of fused-ring (bicyclic) bond motifs is 1. The summed E-state index contributed by atoms with van der Waals surface area (Å²) in [4.78, 5) is 32.5. The molecule has 0 unspecified atom stereocenters. The van der Waals surface area contributed by atoms with Crippen LogP contribution in [0.2, 0.25) is 0 Å². The molecule has 4 aromatic rings. The monoisotopic (exact) mass is 457 g/mol. The lowest BCUT2D eigenvalue weighted by Crippen LogP contribution is -2.26. The number of nitrogens with one attached hydrogen (secondary N) is 2. The number of H-pyrrole nitrogens is 1. The first kappa shape index (κ1) is 21.8. The van der Waals surface area contributed by atoms with Crippen LogP contribution in [-0.2, 0) is 9.53 Å². The minimum Gasteiger partial charge on any atom is -0.469 e. The zero-order valence-corrected chi connectivity index (χ0v) is 18.7. The lowest BCUT2D eigenvalue weighted by atomic mass is 9.88. The molecule has 172 valence electrons. The predicted molar refractivity (Wildman–Crippen MR) is 128 cm³/mol. The average Bonchev–Trinajstić information content (AvgIpc) is 3.51. The Morgan fingerprint density at radius 2 is 1.74 bits per heavy atom. The number of esters is 1. The van der Waals surface area contributed by atoms with Gasteiger partial charge in [-0.1, -0.05) is 48.9 Å². The predicted octanol–water partition coefficient (Wildman–Crippen LogP) is 5.88. The van der Waals surface area contributed by atoms with Crippen LogP contribution < -0.4 is 5.32 Å². The molecule has 0 saturated heterocycles. The maximum Gasteiger partial charge on any atom is 0.309 e. The summed E-state index contributed by atoms with van der Waals surface area (Å²) in [5.41, 5.74) is 4.01. The molecule has 3 aromatic carbocycles. The van der Waals surface area contributed by atoms with E-state index in [4.69, 9.17) is 4.74 Å². The van der Waals surface area contributed by atoms with E-state index in [1.807, 2.05) is 30.3 Å². The van der Waals surface area contributed by atoms with Crippen LogP contribution in [-0.4, -0.2) is 28.8 Å². The summed E-state index contributed by atoms with van der Waals surface area (Å²) >= 11 is 0. The van der Waals surface area contributed by atoms with E-state index in [1.165, 1.54) is 13.2 Å². The first-order valence-electron chi connectivity index (χ1n) is 11.3. The molecule has 6 nitrogen and oxygen atoms in total. The molecule has 0 radical (unpaired) electrons. The number of aromatic nitrogens is 2. The van der Waals surface area contributed by atoms with Crippen molar-refractivity contribution in [2.75, 3.05) is 12.4 Å². The van der Waals surface area contributed by atoms with Gasteiger partial charge in [0, 0.05) is 11.5 Å². The molecule has 1 aliphatic rings. The number of carbonyl (C=O) groups excluding carboxylic acids is 2. The van der Waals surface area contributed by atoms with Gasteiger partial charge in [-0.05, 0) is 48.2 Å². The van der Waals surface area contributed by atoms with Crippen LogP contribution in [0.4, 0.5) is 16.0 Å². The highest BCUT2D eigenvalue weighted by molar-refractivity contribution is 6.00. The quantitative estimate of drug-likeness (QED) is 0.279. The second kappa shape index (κ2) is 9.09. The Balaban J connectivity index is 1.32. The Bertz CT molecular complexity index is 1330. The number of hydrogen-bond donors (Lipinski definition) is 2. The number of ketones is 1. The van der Waals surface area contributed by atoms with E-state index in [0.29, 0.717) is 35.6 Å². The summed E-state index contributed by atoms with van der Waals surface area (Å²) < 4.78 is 19.7. The second-order valence-electron chi connectivity index (χ2n) is 8.53. The fourth-order valence-electron chi connectivity index (χ4n) is 4.68. The molecular formula is C27H24FN3O3. The molecule has 1 aliphatic carbocycles. The van der Waals surface area contributed by atoms with Gasteiger partial charge in [-0.3, -0.25) is 9.59 Å². The zero-order chi connectivity index (χ0) is 23.7. The molecule has 5 rings (SSSR count). The van der Waals surface area contributed by atoms with Gasteiger partial charge >= 0.3 is 5.97 Å².